The molecule has 0 aliphatic carbocycles. The lowest BCUT2D eigenvalue weighted by Gasteiger charge is -2.09. The molecule has 6 nitrogen and oxygen atoms in total. The van der Waals surface area contributed by atoms with Gasteiger partial charge in [-0.25, -0.2) is 9.97 Å². The second-order valence-corrected chi connectivity index (χ2v) is 4.75. The highest BCUT2D eigenvalue weighted by Gasteiger charge is 2.15. The van der Waals surface area contributed by atoms with Crippen LogP contribution in [0.3, 0.4) is 0 Å². The van der Waals surface area contributed by atoms with E-state index < -0.39 is 0 Å². The number of nitrogens with zero attached hydrogens (tertiary/aromatic N) is 4. The van der Waals surface area contributed by atoms with Gasteiger partial charge in [0, 0.05) is 17.3 Å². The first kappa shape index (κ1) is 14.5. The zero-order chi connectivity index (χ0) is 16.2. The molecule has 0 spiro atoms. The van der Waals surface area contributed by atoms with Crippen LogP contribution in [0.1, 0.15) is 5.56 Å². The Morgan fingerprint density at radius 2 is 1.87 bits per heavy atom. The van der Waals surface area contributed by atoms with Gasteiger partial charge in [-0.1, -0.05) is 30.3 Å². The number of aromatic nitrogens is 3. The van der Waals surface area contributed by atoms with E-state index in [0.717, 1.165) is 5.56 Å². The van der Waals surface area contributed by atoms with Crippen molar-refractivity contribution in [3.63, 3.8) is 0 Å². The molecule has 0 unspecified atom stereocenters. The van der Waals surface area contributed by atoms with E-state index in [4.69, 9.17) is 10.5 Å². The first-order valence-electron chi connectivity index (χ1n) is 6.85. The van der Waals surface area contributed by atoms with E-state index in [-0.39, 0.29) is 11.4 Å². The summed E-state index contributed by atoms with van der Waals surface area (Å²) in [7, 11) is 1.55. The number of nitrogen functional groups attached to an aromatic ring is 1. The fourth-order valence-electron chi connectivity index (χ4n) is 2.17. The minimum Gasteiger partial charge on any atom is -0.495 e. The number of anilines is 1. The van der Waals surface area contributed by atoms with Crippen molar-refractivity contribution >= 4 is 5.82 Å². The molecule has 2 heterocycles. The molecule has 1 aromatic carbocycles. The average Bonchev–Trinajstić information content (AvgIpc) is 2.61. The van der Waals surface area contributed by atoms with Crippen molar-refractivity contribution in [1.29, 1.82) is 5.26 Å². The van der Waals surface area contributed by atoms with Gasteiger partial charge in [0.15, 0.2) is 5.82 Å². The normalized spacial score (nSPS) is 10.1. The summed E-state index contributed by atoms with van der Waals surface area (Å²) in [5.41, 5.74) is 8.08. The highest BCUT2D eigenvalue weighted by molar-refractivity contribution is 5.74. The standard InChI is InChI=1S/C17H13N5O/c1-23-13-7-12(9-20-10-13)15-14(8-18)16(19)22-17(21-15)11-5-3-2-4-6-11/h2-7,9-10H,1H3,(H2,19,21,22). The predicted octanol–water partition coefficient (Wildman–Crippen LogP) is 2.67. The van der Waals surface area contributed by atoms with Crippen LogP contribution in [0, 0.1) is 11.3 Å². The quantitative estimate of drug-likeness (QED) is 0.798. The fraction of sp³-hybridized carbons (Fsp3) is 0.0588. The number of benzene rings is 1. The lowest BCUT2D eigenvalue weighted by Crippen LogP contribution is -2.03. The minimum absolute atomic E-state index is 0.138. The third kappa shape index (κ3) is 2.80. The van der Waals surface area contributed by atoms with Gasteiger partial charge in [0.1, 0.15) is 23.2 Å². The summed E-state index contributed by atoms with van der Waals surface area (Å²) in [6.07, 6.45) is 3.19. The van der Waals surface area contributed by atoms with Crippen LogP contribution < -0.4 is 10.5 Å². The van der Waals surface area contributed by atoms with Crippen molar-refractivity contribution in [3.05, 3.63) is 54.4 Å². The molecule has 0 saturated heterocycles. The maximum absolute atomic E-state index is 9.39. The van der Waals surface area contributed by atoms with E-state index in [2.05, 4.69) is 21.0 Å². The average molecular weight is 303 g/mol. The van der Waals surface area contributed by atoms with E-state index >= 15 is 0 Å². The molecule has 0 saturated carbocycles. The van der Waals surface area contributed by atoms with Crippen LogP contribution in [0.5, 0.6) is 5.75 Å². The van der Waals surface area contributed by atoms with Crippen LogP contribution in [0.15, 0.2) is 48.8 Å². The second kappa shape index (κ2) is 6.12. The third-order valence-electron chi connectivity index (χ3n) is 3.30. The van der Waals surface area contributed by atoms with Gasteiger partial charge in [0.2, 0.25) is 0 Å². The van der Waals surface area contributed by atoms with Gasteiger partial charge < -0.3 is 10.5 Å². The molecule has 3 rings (SSSR count). The maximum atomic E-state index is 9.39. The number of hydrogen-bond donors (Lipinski definition) is 1. The van der Waals surface area contributed by atoms with E-state index in [9.17, 15) is 5.26 Å². The largest absolute Gasteiger partial charge is 0.495 e. The van der Waals surface area contributed by atoms with Crippen molar-refractivity contribution in [2.45, 2.75) is 0 Å². The predicted molar refractivity (Wildman–Crippen MR) is 86.4 cm³/mol. The summed E-state index contributed by atoms with van der Waals surface area (Å²) >= 11 is 0. The van der Waals surface area contributed by atoms with Gasteiger partial charge >= 0.3 is 0 Å². The zero-order valence-electron chi connectivity index (χ0n) is 12.4. The summed E-state index contributed by atoms with van der Waals surface area (Å²) in [5.74, 6) is 1.17. The lowest BCUT2D eigenvalue weighted by molar-refractivity contribution is 0.413. The fourth-order valence-corrected chi connectivity index (χ4v) is 2.17. The number of ether oxygens (including phenoxy) is 1. The molecule has 0 amide bonds. The molecule has 0 aliphatic heterocycles. The molecule has 0 fully saturated rings. The molecule has 6 heteroatoms. The Bertz CT molecular complexity index is 887. The van der Waals surface area contributed by atoms with Crippen molar-refractivity contribution in [3.8, 4) is 34.5 Å². The van der Waals surface area contributed by atoms with Crippen LogP contribution in [0.25, 0.3) is 22.6 Å². The Morgan fingerprint density at radius 3 is 2.57 bits per heavy atom. The van der Waals surface area contributed by atoms with Crippen LogP contribution in [0.4, 0.5) is 5.82 Å². The van der Waals surface area contributed by atoms with E-state index in [0.29, 0.717) is 22.8 Å². The highest BCUT2D eigenvalue weighted by Crippen LogP contribution is 2.29. The van der Waals surface area contributed by atoms with Gasteiger partial charge in [-0.3, -0.25) is 4.98 Å². The van der Waals surface area contributed by atoms with E-state index in [1.165, 1.54) is 0 Å². The van der Waals surface area contributed by atoms with E-state index in [1.54, 1.807) is 25.6 Å². The maximum Gasteiger partial charge on any atom is 0.162 e. The molecular weight excluding hydrogens is 290 g/mol. The molecule has 0 atom stereocenters. The van der Waals surface area contributed by atoms with Gasteiger partial charge in [-0.15, -0.1) is 0 Å². The highest BCUT2D eigenvalue weighted by atomic mass is 16.5. The molecular formula is C17H13N5O. The Morgan fingerprint density at radius 1 is 1.09 bits per heavy atom. The van der Waals surface area contributed by atoms with Gasteiger partial charge in [-0.05, 0) is 6.07 Å². The van der Waals surface area contributed by atoms with Crippen molar-refractivity contribution < 1.29 is 4.74 Å². The molecule has 112 valence electrons. The number of nitrogens with two attached hydrogens (primary N) is 1. The molecule has 2 aromatic heterocycles. The SMILES string of the molecule is COc1cncc(-c2nc(-c3ccccc3)nc(N)c2C#N)c1. The summed E-state index contributed by atoms with van der Waals surface area (Å²) < 4.78 is 5.17. The molecule has 0 radical (unpaired) electrons. The number of nitriles is 1. The summed E-state index contributed by atoms with van der Waals surface area (Å²) in [5, 5.41) is 9.39. The molecule has 2 N–H and O–H groups in total. The Balaban J connectivity index is 2.22. The van der Waals surface area contributed by atoms with Gasteiger partial charge in [-0.2, -0.15) is 5.26 Å². The summed E-state index contributed by atoms with van der Waals surface area (Å²) in [6.45, 7) is 0. The van der Waals surface area contributed by atoms with Crippen LogP contribution in [0.2, 0.25) is 0 Å². The van der Waals surface area contributed by atoms with E-state index in [1.807, 2.05) is 30.3 Å². The van der Waals surface area contributed by atoms with Crippen LogP contribution in [-0.4, -0.2) is 22.1 Å². The van der Waals surface area contributed by atoms with Crippen molar-refractivity contribution in [1.82, 2.24) is 15.0 Å². The van der Waals surface area contributed by atoms with Gasteiger partial charge in [0.05, 0.1) is 19.0 Å². The van der Waals surface area contributed by atoms with Crippen LogP contribution >= 0.6 is 0 Å². The van der Waals surface area contributed by atoms with Gasteiger partial charge in [0.25, 0.3) is 0 Å². The molecule has 23 heavy (non-hydrogen) atoms. The third-order valence-corrected chi connectivity index (χ3v) is 3.30. The molecule has 3 aromatic rings. The topological polar surface area (TPSA) is 97.7 Å². The lowest BCUT2D eigenvalue weighted by atomic mass is 10.1. The number of methoxy groups -OCH3 is 1. The van der Waals surface area contributed by atoms with Crippen molar-refractivity contribution in [2.24, 2.45) is 0 Å². The van der Waals surface area contributed by atoms with Crippen molar-refractivity contribution in [2.75, 3.05) is 12.8 Å². The number of hydrogen-bond acceptors (Lipinski definition) is 6. The number of pyridine rings is 1. The minimum atomic E-state index is 0.138. The monoisotopic (exact) mass is 303 g/mol. The Labute approximate surface area is 133 Å². The summed E-state index contributed by atoms with van der Waals surface area (Å²) in [6, 6.07) is 13.3. The Hall–Kier alpha value is -3.46. The zero-order valence-corrected chi connectivity index (χ0v) is 12.4. The first-order chi connectivity index (χ1) is 11.2. The summed E-state index contributed by atoms with van der Waals surface area (Å²) in [4.78, 5) is 12.9. The smallest absolute Gasteiger partial charge is 0.162 e. The first-order valence-corrected chi connectivity index (χ1v) is 6.85. The number of rotatable bonds is 3. The molecule has 0 aliphatic rings. The van der Waals surface area contributed by atoms with Crippen LogP contribution in [-0.2, 0) is 0 Å². The Kier molecular flexibility index (Phi) is 3.85. The molecule has 0 bridgehead atoms. The second-order valence-electron chi connectivity index (χ2n) is 4.75.